The Morgan fingerprint density at radius 2 is 2.36 bits per heavy atom. The van der Waals surface area contributed by atoms with Crippen molar-refractivity contribution < 1.29 is 9.18 Å². The summed E-state index contributed by atoms with van der Waals surface area (Å²) >= 11 is 5.66. The number of carbonyl (C=O) groups excluding carboxylic acids is 1. The Bertz CT molecular complexity index is 521. The first-order chi connectivity index (χ1) is 6.59. The minimum atomic E-state index is -0.537. The molecule has 0 N–H and O–H groups in total. The number of aromatic nitrogens is 2. The van der Waals surface area contributed by atoms with Crippen LogP contribution in [0.3, 0.4) is 0 Å². The zero-order valence-electron chi connectivity index (χ0n) is 7.29. The first kappa shape index (κ1) is 9.15. The summed E-state index contributed by atoms with van der Waals surface area (Å²) in [6.45, 7) is 1.39. The van der Waals surface area contributed by atoms with Crippen molar-refractivity contribution in [2.45, 2.75) is 6.92 Å². The number of imidazole rings is 1. The molecule has 72 valence electrons. The standard InChI is InChI=1S/C9H6ClFN2O/c1-5(14)8-3-12-9-7(11)2-6(10)4-13(8)9/h2-4H,1H3. The van der Waals surface area contributed by atoms with Crippen molar-refractivity contribution in [3.8, 4) is 0 Å². The lowest BCUT2D eigenvalue weighted by atomic mass is 10.3. The van der Waals surface area contributed by atoms with E-state index in [1.165, 1.54) is 23.7 Å². The Balaban J connectivity index is 2.85. The third kappa shape index (κ3) is 1.28. The highest BCUT2D eigenvalue weighted by Crippen LogP contribution is 2.17. The minimum absolute atomic E-state index is 0.111. The molecule has 2 aromatic heterocycles. The molecule has 0 aromatic carbocycles. The fourth-order valence-electron chi connectivity index (χ4n) is 1.27. The van der Waals surface area contributed by atoms with Crippen LogP contribution in [0, 0.1) is 5.82 Å². The lowest BCUT2D eigenvalue weighted by Gasteiger charge is -1.99. The van der Waals surface area contributed by atoms with Gasteiger partial charge in [-0.15, -0.1) is 0 Å². The molecule has 0 aliphatic rings. The maximum Gasteiger partial charge on any atom is 0.178 e. The normalized spacial score (nSPS) is 10.8. The highest BCUT2D eigenvalue weighted by Gasteiger charge is 2.11. The van der Waals surface area contributed by atoms with Gasteiger partial charge in [0.25, 0.3) is 0 Å². The molecule has 0 amide bonds. The van der Waals surface area contributed by atoms with Crippen molar-refractivity contribution >= 4 is 23.0 Å². The Labute approximate surface area is 84.1 Å². The summed E-state index contributed by atoms with van der Waals surface area (Å²) in [6, 6.07) is 1.16. The topological polar surface area (TPSA) is 34.4 Å². The number of carbonyl (C=O) groups is 1. The van der Waals surface area contributed by atoms with Gasteiger partial charge in [-0.3, -0.25) is 9.20 Å². The number of rotatable bonds is 1. The van der Waals surface area contributed by atoms with Crippen molar-refractivity contribution in [1.82, 2.24) is 9.38 Å². The van der Waals surface area contributed by atoms with Gasteiger partial charge in [0.1, 0.15) is 5.69 Å². The fourth-order valence-corrected chi connectivity index (χ4v) is 1.47. The fraction of sp³-hybridized carbons (Fsp3) is 0.111. The minimum Gasteiger partial charge on any atom is -0.293 e. The summed E-state index contributed by atoms with van der Waals surface area (Å²) in [7, 11) is 0. The molecular weight excluding hydrogens is 207 g/mol. The second kappa shape index (κ2) is 3.06. The number of ketones is 1. The largest absolute Gasteiger partial charge is 0.293 e. The molecule has 14 heavy (non-hydrogen) atoms. The summed E-state index contributed by atoms with van der Waals surface area (Å²) in [4.78, 5) is 14.9. The summed E-state index contributed by atoms with van der Waals surface area (Å²) in [6.07, 6.45) is 2.79. The molecule has 2 rings (SSSR count). The third-order valence-corrected chi connectivity index (χ3v) is 2.09. The molecule has 0 radical (unpaired) electrons. The molecule has 0 fully saturated rings. The van der Waals surface area contributed by atoms with Crippen molar-refractivity contribution in [1.29, 1.82) is 0 Å². The van der Waals surface area contributed by atoms with Gasteiger partial charge in [0.2, 0.25) is 0 Å². The van der Waals surface area contributed by atoms with Crippen molar-refractivity contribution in [2.24, 2.45) is 0 Å². The zero-order chi connectivity index (χ0) is 10.3. The van der Waals surface area contributed by atoms with E-state index in [1.54, 1.807) is 0 Å². The molecule has 0 saturated heterocycles. The predicted molar refractivity (Wildman–Crippen MR) is 50.2 cm³/mol. The van der Waals surface area contributed by atoms with Crippen LogP contribution in [-0.2, 0) is 0 Å². The van der Waals surface area contributed by atoms with E-state index >= 15 is 0 Å². The molecule has 0 aliphatic carbocycles. The molecule has 0 atom stereocenters. The Hall–Kier alpha value is -1.42. The molecule has 0 bridgehead atoms. The van der Waals surface area contributed by atoms with E-state index in [-0.39, 0.29) is 16.5 Å². The van der Waals surface area contributed by atoms with Gasteiger partial charge >= 0.3 is 0 Å². The number of pyridine rings is 1. The summed E-state index contributed by atoms with van der Waals surface area (Å²) < 4.78 is 14.6. The highest BCUT2D eigenvalue weighted by molar-refractivity contribution is 6.30. The number of fused-ring (bicyclic) bond motifs is 1. The van der Waals surface area contributed by atoms with Gasteiger partial charge in [-0.1, -0.05) is 11.6 Å². The second-order valence-corrected chi connectivity index (χ2v) is 3.34. The number of hydrogen-bond acceptors (Lipinski definition) is 2. The van der Waals surface area contributed by atoms with Gasteiger partial charge in [0.05, 0.1) is 11.2 Å². The summed E-state index contributed by atoms with van der Waals surface area (Å²) in [5, 5.41) is 0.232. The van der Waals surface area contributed by atoms with Crippen molar-refractivity contribution in [3.05, 3.63) is 35.0 Å². The first-order valence-corrected chi connectivity index (χ1v) is 4.30. The molecule has 2 aromatic rings. The molecule has 0 unspecified atom stereocenters. The lowest BCUT2D eigenvalue weighted by Crippen LogP contribution is -1.99. The van der Waals surface area contributed by atoms with Gasteiger partial charge < -0.3 is 0 Å². The van der Waals surface area contributed by atoms with Gasteiger partial charge in [-0.25, -0.2) is 9.37 Å². The molecule has 2 heterocycles. The third-order valence-electron chi connectivity index (χ3n) is 1.89. The molecule has 0 spiro atoms. The van der Waals surface area contributed by atoms with E-state index in [0.717, 1.165) is 6.07 Å². The SMILES string of the molecule is CC(=O)c1cnc2c(F)cc(Cl)cn12. The average Bonchev–Trinajstić information content (AvgIpc) is 2.47. The van der Waals surface area contributed by atoms with Crippen LogP contribution in [0.4, 0.5) is 4.39 Å². The summed E-state index contributed by atoms with van der Waals surface area (Å²) in [5.41, 5.74) is 0.431. The van der Waals surface area contributed by atoms with Gasteiger partial charge in [0.15, 0.2) is 17.2 Å². The number of hydrogen-bond donors (Lipinski definition) is 0. The monoisotopic (exact) mass is 212 g/mol. The lowest BCUT2D eigenvalue weighted by molar-refractivity contribution is 0.101. The smallest absolute Gasteiger partial charge is 0.178 e. The Kier molecular flexibility index (Phi) is 2.00. The Morgan fingerprint density at radius 3 is 3.00 bits per heavy atom. The number of halogens is 2. The van der Waals surface area contributed by atoms with Crippen LogP contribution in [0.5, 0.6) is 0 Å². The maximum atomic E-state index is 13.2. The van der Waals surface area contributed by atoms with Crippen LogP contribution in [0.1, 0.15) is 17.4 Å². The number of Topliss-reactive ketones (excluding diaryl/α,β-unsaturated/α-hetero) is 1. The van der Waals surface area contributed by atoms with Crippen LogP contribution in [0.2, 0.25) is 5.02 Å². The van der Waals surface area contributed by atoms with Crippen LogP contribution < -0.4 is 0 Å². The van der Waals surface area contributed by atoms with Crippen LogP contribution in [-0.4, -0.2) is 15.2 Å². The zero-order valence-corrected chi connectivity index (χ0v) is 8.05. The van der Waals surface area contributed by atoms with Gasteiger partial charge in [0, 0.05) is 13.1 Å². The van der Waals surface area contributed by atoms with E-state index in [1.807, 2.05) is 0 Å². The number of nitrogens with zero attached hydrogens (tertiary/aromatic N) is 2. The van der Waals surface area contributed by atoms with Crippen LogP contribution in [0.15, 0.2) is 18.5 Å². The highest BCUT2D eigenvalue weighted by atomic mass is 35.5. The predicted octanol–water partition coefficient (Wildman–Crippen LogP) is 2.33. The van der Waals surface area contributed by atoms with Crippen LogP contribution >= 0.6 is 11.6 Å². The van der Waals surface area contributed by atoms with Gasteiger partial charge in [-0.2, -0.15) is 0 Å². The Morgan fingerprint density at radius 1 is 1.64 bits per heavy atom. The van der Waals surface area contributed by atoms with E-state index < -0.39 is 5.82 Å². The quantitative estimate of drug-likeness (QED) is 0.680. The van der Waals surface area contributed by atoms with E-state index in [9.17, 15) is 9.18 Å². The molecule has 5 heteroatoms. The molecule has 0 aliphatic heterocycles. The molecule has 3 nitrogen and oxygen atoms in total. The van der Waals surface area contributed by atoms with Crippen molar-refractivity contribution in [3.63, 3.8) is 0 Å². The van der Waals surface area contributed by atoms with E-state index in [2.05, 4.69) is 4.98 Å². The van der Waals surface area contributed by atoms with E-state index in [0.29, 0.717) is 5.69 Å². The van der Waals surface area contributed by atoms with E-state index in [4.69, 9.17) is 11.6 Å². The average molecular weight is 213 g/mol. The molecule has 0 saturated carbocycles. The van der Waals surface area contributed by atoms with Gasteiger partial charge in [-0.05, 0) is 6.07 Å². The summed E-state index contributed by atoms with van der Waals surface area (Å²) in [5.74, 6) is -0.718. The second-order valence-electron chi connectivity index (χ2n) is 2.90. The maximum absolute atomic E-state index is 13.2. The van der Waals surface area contributed by atoms with Crippen molar-refractivity contribution in [2.75, 3.05) is 0 Å². The first-order valence-electron chi connectivity index (χ1n) is 3.92. The molecular formula is C9H6ClFN2O. The van der Waals surface area contributed by atoms with Crippen LogP contribution in [0.25, 0.3) is 5.65 Å².